The van der Waals surface area contributed by atoms with Crippen molar-refractivity contribution in [3.05, 3.63) is 47.6 Å². The zero-order valence-electron chi connectivity index (χ0n) is 12.2. The molecule has 0 bridgehead atoms. The van der Waals surface area contributed by atoms with Crippen LogP contribution in [0.25, 0.3) is 10.9 Å². The number of fused-ring (bicyclic) bond motifs is 1. The summed E-state index contributed by atoms with van der Waals surface area (Å²) >= 11 is 6.03. The first-order valence-electron chi connectivity index (χ1n) is 7.40. The number of hydrogen-bond donors (Lipinski definition) is 1. The van der Waals surface area contributed by atoms with E-state index in [4.69, 9.17) is 11.6 Å². The Balaban J connectivity index is 1.66. The minimum absolute atomic E-state index is 0.423. The molecule has 21 heavy (non-hydrogen) atoms. The first-order valence-corrected chi connectivity index (χ1v) is 7.78. The van der Waals surface area contributed by atoms with Crippen molar-refractivity contribution in [2.24, 2.45) is 0 Å². The molecule has 1 aromatic carbocycles. The van der Waals surface area contributed by atoms with Crippen molar-refractivity contribution in [3.63, 3.8) is 0 Å². The van der Waals surface area contributed by atoms with Gasteiger partial charge in [-0.3, -0.25) is 9.88 Å². The van der Waals surface area contributed by atoms with E-state index in [0.717, 1.165) is 47.7 Å². The molecule has 2 heterocycles. The zero-order chi connectivity index (χ0) is 14.7. The van der Waals surface area contributed by atoms with E-state index < -0.39 is 0 Å². The SMILES string of the molecule is C[C@@H](CCN1CC=CC1)Nc1ccnc2cc(Cl)ccc12. The molecule has 1 N–H and O–H groups in total. The second-order valence-electron chi connectivity index (χ2n) is 5.59. The number of anilines is 1. The first-order chi connectivity index (χ1) is 10.2. The van der Waals surface area contributed by atoms with E-state index in [-0.39, 0.29) is 0 Å². The van der Waals surface area contributed by atoms with E-state index in [1.165, 1.54) is 0 Å². The molecule has 1 atom stereocenters. The standard InChI is InChI=1S/C17H20ClN3/c1-13(7-11-21-9-2-3-10-21)20-16-6-8-19-17-12-14(18)4-5-15(16)17/h2-6,8,12-13H,7,9-11H2,1H3,(H,19,20)/t13-/m0/s1. The Kier molecular flexibility index (Phi) is 4.42. The van der Waals surface area contributed by atoms with Crippen molar-refractivity contribution in [2.75, 3.05) is 25.0 Å². The third-order valence-corrected chi connectivity index (χ3v) is 4.11. The maximum Gasteiger partial charge on any atom is 0.0737 e. The Morgan fingerprint density at radius 2 is 2.10 bits per heavy atom. The lowest BCUT2D eigenvalue weighted by Crippen LogP contribution is -2.26. The lowest BCUT2D eigenvalue weighted by Gasteiger charge is -2.20. The number of hydrogen-bond acceptors (Lipinski definition) is 3. The molecule has 1 aromatic heterocycles. The van der Waals surface area contributed by atoms with Gasteiger partial charge in [0.15, 0.2) is 0 Å². The van der Waals surface area contributed by atoms with Crippen LogP contribution in [0.5, 0.6) is 0 Å². The van der Waals surface area contributed by atoms with Gasteiger partial charge in [-0.1, -0.05) is 23.8 Å². The lowest BCUT2D eigenvalue weighted by molar-refractivity contribution is 0.340. The third kappa shape index (κ3) is 3.55. The summed E-state index contributed by atoms with van der Waals surface area (Å²) in [4.78, 5) is 6.83. The summed E-state index contributed by atoms with van der Waals surface area (Å²) in [7, 11) is 0. The van der Waals surface area contributed by atoms with Gasteiger partial charge in [-0.2, -0.15) is 0 Å². The van der Waals surface area contributed by atoms with Crippen molar-refractivity contribution in [1.82, 2.24) is 9.88 Å². The maximum absolute atomic E-state index is 6.03. The third-order valence-electron chi connectivity index (χ3n) is 3.88. The van der Waals surface area contributed by atoms with Gasteiger partial charge < -0.3 is 5.32 Å². The molecule has 0 unspecified atom stereocenters. The highest BCUT2D eigenvalue weighted by molar-refractivity contribution is 6.31. The summed E-state index contributed by atoms with van der Waals surface area (Å²) in [6.45, 7) is 5.52. The van der Waals surface area contributed by atoms with Crippen LogP contribution in [0, 0.1) is 0 Å². The lowest BCUT2D eigenvalue weighted by atomic mass is 10.1. The summed E-state index contributed by atoms with van der Waals surface area (Å²) in [6, 6.07) is 8.31. The predicted molar refractivity (Wildman–Crippen MR) is 90.0 cm³/mol. The molecule has 0 saturated carbocycles. The molecule has 0 aliphatic carbocycles. The summed E-state index contributed by atoms with van der Waals surface area (Å²) < 4.78 is 0. The van der Waals surface area contributed by atoms with Crippen LogP contribution in [0.1, 0.15) is 13.3 Å². The minimum atomic E-state index is 0.423. The fourth-order valence-electron chi connectivity index (χ4n) is 2.67. The predicted octanol–water partition coefficient (Wildman–Crippen LogP) is 3.95. The number of halogens is 1. The molecule has 0 fully saturated rings. The van der Waals surface area contributed by atoms with Gasteiger partial charge in [0.1, 0.15) is 0 Å². The molecular formula is C17H20ClN3. The van der Waals surface area contributed by atoms with Gasteiger partial charge in [0, 0.05) is 48.0 Å². The molecule has 110 valence electrons. The van der Waals surface area contributed by atoms with Gasteiger partial charge in [0.25, 0.3) is 0 Å². The molecule has 0 radical (unpaired) electrons. The van der Waals surface area contributed by atoms with Gasteiger partial charge in [0.05, 0.1) is 5.52 Å². The van der Waals surface area contributed by atoms with Crippen LogP contribution >= 0.6 is 11.6 Å². The van der Waals surface area contributed by atoms with Crippen molar-refractivity contribution < 1.29 is 0 Å². The Hall–Kier alpha value is -1.58. The molecule has 4 heteroatoms. The molecule has 3 rings (SSSR count). The Morgan fingerprint density at radius 3 is 2.90 bits per heavy atom. The van der Waals surface area contributed by atoms with Gasteiger partial charge in [-0.05, 0) is 37.6 Å². The van der Waals surface area contributed by atoms with Crippen molar-refractivity contribution in [1.29, 1.82) is 0 Å². The molecule has 1 aliphatic heterocycles. The van der Waals surface area contributed by atoms with Gasteiger partial charge in [-0.25, -0.2) is 0 Å². The summed E-state index contributed by atoms with van der Waals surface area (Å²) in [5.74, 6) is 0. The summed E-state index contributed by atoms with van der Waals surface area (Å²) in [5, 5.41) is 5.44. The second kappa shape index (κ2) is 6.46. The Bertz CT molecular complexity index is 646. The number of nitrogens with one attached hydrogen (secondary N) is 1. The zero-order valence-corrected chi connectivity index (χ0v) is 13.0. The number of pyridine rings is 1. The normalized spacial score (nSPS) is 16.5. The van der Waals surface area contributed by atoms with Gasteiger partial charge >= 0.3 is 0 Å². The van der Waals surface area contributed by atoms with Crippen LogP contribution in [0.15, 0.2) is 42.6 Å². The quantitative estimate of drug-likeness (QED) is 0.848. The molecular weight excluding hydrogens is 282 g/mol. The van der Waals surface area contributed by atoms with E-state index in [1.807, 2.05) is 30.5 Å². The molecule has 0 spiro atoms. The largest absolute Gasteiger partial charge is 0.382 e. The average molecular weight is 302 g/mol. The maximum atomic E-state index is 6.03. The average Bonchev–Trinajstić information content (AvgIpc) is 2.98. The van der Waals surface area contributed by atoms with Crippen molar-refractivity contribution >= 4 is 28.2 Å². The summed E-state index contributed by atoms with van der Waals surface area (Å²) in [5.41, 5.74) is 2.06. The summed E-state index contributed by atoms with van der Waals surface area (Å²) in [6.07, 6.45) is 7.42. The number of aromatic nitrogens is 1. The van der Waals surface area contributed by atoms with E-state index in [9.17, 15) is 0 Å². The number of nitrogens with zero attached hydrogens (tertiary/aromatic N) is 2. The Morgan fingerprint density at radius 1 is 1.29 bits per heavy atom. The highest BCUT2D eigenvalue weighted by Gasteiger charge is 2.10. The number of rotatable bonds is 5. The molecule has 0 amide bonds. The molecule has 0 saturated heterocycles. The van der Waals surface area contributed by atoms with Crippen LogP contribution in [0.2, 0.25) is 5.02 Å². The fourth-order valence-corrected chi connectivity index (χ4v) is 2.83. The van der Waals surface area contributed by atoms with Crippen LogP contribution < -0.4 is 5.32 Å². The molecule has 2 aromatic rings. The van der Waals surface area contributed by atoms with Gasteiger partial charge in [0.2, 0.25) is 0 Å². The molecule has 1 aliphatic rings. The minimum Gasteiger partial charge on any atom is -0.382 e. The van der Waals surface area contributed by atoms with E-state index in [2.05, 4.69) is 34.3 Å². The molecule has 3 nitrogen and oxygen atoms in total. The van der Waals surface area contributed by atoms with Crippen molar-refractivity contribution in [2.45, 2.75) is 19.4 Å². The van der Waals surface area contributed by atoms with Gasteiger partial charge in [-0.15, -0.1) is 0 Å². The highest BCUT2D eigenvalue weighted by Crippen LogP contribution is 2.25. The first kappa shape index (κ1) is 14.4. The van der Waals surface area contributed by atoms with Crippen LogP contribution in [0.3, 0.4) is 0 Å². The van der Waals surface area contributed by atoms with E-state index in [1.54, 1.807) is 0 Å². The monoisotopic (exact) mass is 301 g/mol. The van der Waals surface area contributed by atoms with Crippen LogP contribution in [-0.2, 0) is 0 Å². The van der Waals surface area contributed by atoms with Crippen LogP contribution in [-0.4, -0.2) is 35.6 Å². The number of benzene rings is 1. The smallest absolute Gasteiger partial charge is 0.0737 e. The highest BCUT2D eigenvalue weighted by atomic mass is 35.5. The fraction of sp³-hybridized carbons (Fsp3) is 0.353. The van der Waals surface area contributed by atoms with E-state index >= 15 is 0 Å². The topological polar surface area (TPSA) is 28.2 Å². The Labute approximate surface area is 130 Å². The van der Waals surface area contributed by atoms with Crippen LogP contribution in [0.4, 0.5) is 5.69 Å². The van der Waals surface area contributed by atoms with E-state index in [0.29, 0.717) is 6.04 Å². The van der Waals surface area contributed by atoms with Crippen molar-refractivity contribution in [3.8, 4) is 0 Å². The second-order valence-corrected chi connectivity index (χ2v) is 6.02.